The van der Waals surface area contributed by atoms with Gasteiger partial charge in [0.15, 0.2) is 0 Å². The molecule has 1 aliphatic rings. The molecule has 0 aromatic carbocycles. The normalized spacial score (nSPS) is 26.1. The third kappa shape index (κ3) is 3.86. The maximum absolute atomic E-state index is 6.23. The van der Waals surface area contributed by atoms with Crippen LogP contribution >= 0.6 is 0 Å². The van der Waals surface area contributed by atoms with Crippen LogP contribution in [0.1, 0.15) is 52.9 Å². The van der Waals surface area contributed by atoms with E-state index in [9.17, 15) is 0 Å². The quantitative estimate of drug-likeness (QED) is 0.609. The van der Waals surface area contributed by atoms with Crippen molar-refractivity contribution in [3.05, 3.63) is 0 Å². The molecule has 0 N–H and O–H groups in total. The lowest BCUT2D eigenvalue weighted by Crippen LogP contribution is -2.42. The Labute approximate surface area is 104 Å². The first-order valence-electron chi connectivity index (χ1n) is 6.99. The van der Waals surface area contributed by atoms with Crippen LogP contribution in [-0.2, 0) is 9.47 Å². The zero-order valence-corrected chi connectivity index (χ0v) is 13.4. The van der Waals surface area contributed by atoms with Gasteiger partial charge in [0.1, 0.15) is 0 Å². The molecular weight excluding hydrogens is 216 g/mol. The summed E-state index contributed by atoms with van der Waals surface area (Å²) in [6, 6.07) is 0. The van der Waals surface area contributed by atoms with Gasteiger partial charge in [-0.2, -0.15) is 0 Å². The Morgan fingerprint density at radius 1 is 1.31 bits per heavy atom. The average Bonchev–Trinajstić information content (AvgIpc) is 2.22. The summed E-state index contributed by atoms with van der Waals surface area (Å²) in [6.07, 6.45) is 6.90. The Hall–Kier alpha value is 0.137. The molecule has 0 aliphatic carbocycles. The van der Waals surface area contributed by atoms with Crippen LogP contribution in [-0.4, -0.2) is 34.8 Å². The molecule has 4 atom stereocenters. The van der Waals surface area contributed by atoms with E-state index in [0.717, 1.165) is 23.3 Å². The molecule has 0 saturated carbocycles. The van der Waals surface area contributed by atoms with Crippen LogP contribution in [0, 0.1) is 5.92 Å². The first-order chi connectivity index (χ1) is 7.72. The maximum Gasteiger partial charge on any atom is 0.0649 e. The molecule has 1 heterocycles. The van der Waals surface area contributed by atoms with E-state index in [4.69, 9.17) is 9.47 Å². The van der Waals surface area contributed by atoms with E-state index in [1.54, 1.807) is 0 Å². The van der Waals surface area contributed by atoms with Crippen molar-refractivity contribution in [2.75, 3.05) is 6.61 Å². The lowest BCUT2D eigenvalue weighted by Gasteiger charge is -2.39. The molecule has 0 bridgehead atoms. The van der Waals surface area contributed by atoms with E-state index in [2.05, 4.69) is 20.8 Å². The van der Waals surface area contributed by atoms with E-state index < -0.39 is 0 Å². The number of hydrogen-bond donors (Lipinski definition) is 0. The van der Waals surface area contributed by atoms with E-state index >= 15 is 0 Å². The molecular formula is C13H28O2Si. The second kappa shape index (κ2) is 7.46. The second-order valence-corrected chi connectivity index (χ2v) is 6.24. The summed E-state index contributed by atoms with van der Waals surface area (Å²) in [5.74, 6) is 0.622. The molecule has 2 nitrogen and oxygen atoms in total. The summed E-state index contributed by atoms with van der Waals surface area (Å²) >= 11 is 0. The fraction of sp³-hybridized carbons (Fsp3) is 1.00. The third-order valence-electron chi connectivity index (χ3n) is 3.72. The number of hydrogen-bond acceptors (Lipinski definition) is 2. The SMILES string of the molecule is CCCC(OC([SiH3])CC)C(CC)C1CCO1. The van der Waals surface area contributed by atoms with Gasteiger partial charge in [0, 0.05) is 28.5 Å². The summed E-state index contributed by atoms with van der Waals surface area (Å²) in [6.45, 7) is 7.70. The van der Waals surface area contributed by atoms with Crippen LogP contribution < -0.4 is 0 Å². The molecule has 16 heavy (non-hydrogen) atoms. The minimum Gasteiger partial charge on any atom is -0.379 e. The zero-order valence-electron chi connectivity index (χ0n) is 11.4. The highest BCUT2D eigenvalue weighted by Gasteiger charge is 2.33. The Morgan fingerprint density at radius 3 is 2.38 bits per heavy atom. The maximum atomic E-state index is 6.23. The average molecular weight is 244 g/mol. The standard InChI is InChI=1S/C13H28O2Si/c1-4-7-12(15-13(16)6-3)10(5-2)11-8-9-14-11/h10-13H,4-9H2,1-3,16H3. The summed E-state index contributed by atoms with van der Waals surface area (Å²) in [5.41, 5.74) is 0.519. The molecule has 0 radical (unpaired) electrons. The number of rotatable bonds is 8. The van der Waals surface area contributed by atoms with Crippen LogP contribution in [0.5, 0.6) is 0 Å². The van der Waals surface area contributed by atoms with Crippen molar-refractivity contribution >= 4 is 10.2 Å². The lowest BCUT2D eigenvalue weighted by molar-refractivity contribution is -0.133. The van der Waals surface area contributed by atoms with Gasteiger partial charge in [0.2, 0.25) is 0 Å². The van der Waals surface area contributed by atoms with Gasteiger partial charge in [-0.3, -0.25) is 0 Å². The van der Waals surface area contributed by atoms with Gasteiger partial charge in [0.25, 0.3) is 0 Å². The van der Waals surface area contributed by atoms with Crippen LogP contribution in [0.2, 0.25) is 0 Å². The second-order valence-electron chi connectivity index (χ2n) is 4.95. The van der Waals surface area contributed by atoms with Crippen molar-refractivity contribution in [1.29, 1.82) is 0 Å². The molecule has 4 unspecified atom stereocenters. The zero-order chi connectivity index (χ0) is 12.0. The molecule has 0 amide bonds. The highest BCUT2D eigenvalue weighted by atomic mass is 28.1. The summed E-state index contributed by atoms with van der Waals surface area (Å²) in [7, 11) is 1.15. The molecule has 0 aromatic heterocycles. The molecule has 96 valence electrons. The van der Waals surface area contributed by atoms with E-state index in [-0.39, 0.29) is 0 Å². The monoisotopic (exact) mass is 244 g/mol. The number of ether oxygens (including phenoxy) is 2. The molecule has 1 rings (SSSR count). The van der Waals surface area contributed by atoms with Crippen LogP contribution in [0.15, 0.2) is 0 Å². The minimum absolute atomic E-state index is 0.433. The van der Waals surface area contributed by atoms with Gasteiger partial charge >= 0.3 is 0 Å². The van der Waals surface area contributed by atoms with Gasteiger partial charge < -0.3 is 9.47 Å². The predicted molar refractivity (Wildman–Crippen MR) is 71.9 cm³/mol. The topological polar surface area (TPSA) is 18.5 Å². The Balaban J connectivity index is 2.50. The molecule has 3 heteroatoms. The summed E-state index contributed by atoms with van der Waals surface area (Å²) in [4.78, 5) is 0. The third-order valence-corrected chi connectivity index (χ3v) is 4.80. The van der Waals surface area contributed by atoms with Gasteiger partial charge in [-0.15, -0.1) is 0 Å². The molecule has 1 fully saturated rings. The van der Waals surface area contributed by atoms with Crippen molar-refractivity contribution in [3.8, 4) is 0 Å². The first-order valence-corrected chi connectivity index (χ1v) is 8.15. The summed E-state index contributed by atoms with van der Waals surface area (Å²) in [5, 5.41) is 0. The highest BCUT2D eigenvalue weighted by molar-refractivity contribution is 6.10. The molecule has 1 aliphatic heterocycles. The smallest absolute Gasteiger partial charge is 0.0649 e. The van der Waals surface area contributed by atoms with E-state index in [0.29, 0.717) is 23.9 Å². The van der Waals surface area contributed by atoms with E-state index in [1.807, 2.05) is 0 Å². The van der Waals surface area contributed by atoms with Crippen LogP contribution in [0.25, 0.3) is 0 Å². The van der Waals surface area contributed by atoms with Crippen molar-refractivity contribution in [2.45, 2.75) is 70.8 Å². The Morgan fingerprint density at radius 2 is 2.00 bits per heavy atom. The minimum atomic E-state index is 0.433. The van der Waals surface area contributed by atoms with Crippen molar-refractivity contribution < 1.29 is 9.47 Å². The fourth-order valence-electron chi connectivity index (χ4n) is 2.42. The first kappa shape index (κ1) is 14.2. The van der Waals surface area contributed by atoms with Crippen LogP contribution in [0.4, 0.5) is 0 Å². The van der Waals surface area contributed by atoms with Gasteiger partial charge in [0.05, 0.1) is 12.2 Å². The van der Waals surface area contributed by atoms with Gasteiger partial charge in [-0.05, 0) is 25.7 Å². The summed E-state index contributed by atoms with van der Waals surface area (Å²) < 4.78 is 11.9. The predicted octanol–water partition coefficient (Wildman–Crippen LogP) is 2.09. The molecule has 0 aromatic rings. The highest BCUT2D eigenvalue weighted by Crippen LogP contribution is 2.30. The van der Waals surface area contributed by atoms with Gasteiger partial charge in [-0.25, -0.2) is 0 Å². The molecule has 0 spiro atoms. The van der Waals surface area contributed by atoms with Crippen molar-refractivity contribution in [1.82, 2.24) is 0 Å². The molecule has 1 saturated heterocycles. The Bertz CT molecular complexity index is 183. The van der Waals surface area contributed by atoms with Crippen molar-refractivity contribution in [2.24, 2.45) is 5.92 Å². The lowest BCUT2D eigenvalue weighted by atomic mass is 9.87. The van der Waals surface area contributed by atoms with Crippen molar-refractivity contribution in [3.63, 3.8) is 0 Å². The van der Waals surface area contributed by atoms with E-state index in [1.165, 1.54) is 25.7 Å². The van der Waals surface area contributed by atoms with Crippen LogP contribution in [0.3, 0.4) is 0 Å². The largest absolute Gasteiger partial charge is 0.379 e. The fourth-order valence-corrected chi connectivity index (χ4v) is 2.77. The Kier molecular flexibility index (Phi) is 6.62. The van der Waals surface area contributed by atoms with Gasteiger partial charge in [-0.1, -0.05) is 27.2 Å².